The molecule has 30 heavy (non-hydrogen) atoms. The molecule has 1 saturated heterocycles. The molecule has 1 spiro atoms. The van der Waals surface area contributed by atoms with Gasteiger partial charge in [0.05, 0.1) is 11.2 Å². The Bertz CT molecular complexity index is 845. The Morgan fingerprint density at radius 3 is 2.57 bits per heavy atom. The third-order valence-electron chi connectivity index (χ3n) is 7.03. The quantitative estimate of drug-likeness (QED) is 0.531. The molecule has 0 bridgehead atoms. The molecule has 1 saturated carbocycles. The summed E-state index contributed by atoms with van der Waals surface area (Å²) < 4.78 is 45.6. The summed E-state index contributed by atoms with van der Waals surface area (Å²) in [5.74, 6) is -0.199. The van der Waals surface area contributed by atoms with Gasteiger partial charge in [0.25, 0.3) is 0 Å². The second-order valence-corrected chi connectivity index (χ2v) is 9.02. The Labute approximate surface area is 176 Å². The fraction of sp³-hybridized carbons (Fsp3) is 0.520. The Morgan fingerprint density at radius 1 is 1.07 bits per heavy atom. The Hall–Kier alpha value is -1.88. The average Bonchev–Trinajstić information content (AvgIpc) is 3.19. The van der Waals surface area contributed by atoms with Crippen molar-refractivity contribution in [3.8, 4) is 0 Å². The first-order chi connectivity index (χ1) is 14.3. The van der Waals surface area contributed by atoms with Crippen LogP contribution in [0.25, 0.3) is 0 Å². The van der Waals surface area contributed by atoms with E-state index in [1.807, 2.05) is 18.3 Å². The topological polar surface area (TPSA) is 22.1 Å². The maximum absolute atomic E-state index is 13.1. The van der Waals surface area contributed by atoms with Crippen LogP contribution in [0.4, 0.5) is 13.2 Å². The van der Waals surface area contributed by atoms with Crippen LogP contribution in [0.3, 0.4) is 0 Å². The minimum atomic E-state index is -4.33. The van der Waals surface area contributed by atoms with Gasteiger partial charge < -0.3 is 4.74 Å². The van der Waals surface area contributed by atoms with Crippen molar-refractivity contribution >= 4 is 0 Å². The van der Waals surface area contributed by atoms with Gasteiger partial charge in [-0.15, -0.1) is 0 Å². The number of pyridine rings is 1. The first-order valence-electron chi connectivity index (χ1n) is 10.9. The Kier molecular flexibility index (Phi) is 5.93. The minimum Gasteiger partial charge on any atom is -0.375 e. The number of aromatic nitrogens is 1. The molecule has 1 unspecified atom stereocenters. The van der Waals surface area contributed by atoms with Crippen molar-refractivity contribution in [2.24, 2.45) is 0 Å². The molecule has 1 aromatic heterocycles. The van der Waals surface area contributed by atoms with Gasteiger partial charge in [-0.3, -0.25) is 4.98 Å². The summed E-state index contributed by atoms with van der Waals surface area (Å²) in [7, 11) is 0. The van der Waals surface area contributed by atoms with E-state index in [9.17, 15) is 13.2 Å². The Balaban J connectivity index is 1.56. The Morgan fingerprint density at radius 2 is 1.87 bits per heavy atom. The number of nitrogens with zero attached hydrogens (tertiary/aromatic N) is 1. The van der Waals surface area contributed by atoms with E-state index in [1.54, 1.807) is 6.07 Å². The fourth-order valence-corrected chi connectivity index (χ4v) is 5.38. The van der Waals surface area contributed by atoms with Gasteiger partial charge in [-0.2, -0.15) is 13.2 Å². The molecule has 1 aliphatic heterocycles. The van der Waals surface area contributed by atoms with E-state index in [4.69, 9.17) is 9.72 Å². The predicted octanol–water partition coefficient (Wildman–Crippen LogP) is 6.86. The molecule has 2 heterocycles. The predicted molar refractivity (Wildman–Crippen MR) is 111 cm³/mol. The molecule has 2 nitrogen and oxygen atoms in total. The van der Waals surface area contributed by atoms with Crippen LogP contribution in [0, 0.1) is 6.92 Å². The summed E-state index contributed by atoms with van der Waals surface area (Å²) in [5, 5.41) is 0. The van der Waals surface area contributed by atoms with E-state index in [0.717, 1.165) is 43.9 Å². The number of ether oxygens (including phenoxy) is 1. The molecule has 5 heteroatoms. The maximum atomic E-state index is 13.1. The van der Waals surface area contributed by atoms with Crippen molar-refractivity contribution in [3.63, 3.8) is 0 Å². The highest BCUT2D eigenvalue weighted by Crippen LogP contribution is 2.50. The highest BCUT2D eigenvalue weighted by Gasteiger charge is 2.48. The summed E-state index contributed by atoms with van der Waals surface area (Å²) in [5.41, 5.74) is 0.938. The molecular formula is C25H29F3NO. The zero-order chi connectivity index (χ0) is 21.2. The van der Waals surface area contributed by atoms with Crippen LogP contribution >= 0.6 is 0 Å². The SMILES string of the molecule is [CH2]C(CC[C@]1(c2ccccn2)CCOC2(CCCC2)C1)c1cccc(C(F)(F)F)c1. The number of alkyl halides is 3. The van der Waals surface area contributed by atoms with Gasteiger partial charge >= 0.3 is 6.18 Å². The number of halogens is 3. The van der Waals surface area contributed by atoms with Crippen LogP contribution in [-0.2, 0) is 16.3 Å². The molecular weight excluding hydrogens is 387 g/mol. The zero-order valence-electron chi connectivity index (χ0n) is 17.3. The highest BCUT2D eigenvalue weighted by molar-refractivity contribution is 5.29. The van der Waals surface area contributed by atoms with E-state index in [-0.39, 0.29) is 16.9 Å². The van der Waals surface area contributed by atoms with Crippen molar-refractivity contribution in [3.05, 3.63) is 72.4 Å². The third-order valence-corrected chi connectivity index (χ3v) is 7.03. The van der Waals surface area contributed by atoms with Crippen LogP contribution in [0.2, 0.25) is 0 Å². The molecule has 0 N–H and O–H groups in total. The molecule has 2 atom stereocenters. The van der Waals surface area contributed by atoms with Gasteiger partial charge in [-0.05, 0) is 75.1 Å². The molecule has 0 amide bonds. The van der Waals surface area contributed by atoms with E-state index in [2.05, 4.69) is 13.0 Å². The second kappa shape index (κ2) is 8.33. The smallest absolute Gasteiger partial charge is 0.375 e. The van der Waals surface area contributed by atoms with Crippen LogP contribution < -0.4 is 0 Å². The molecule has 2 aromatic rings. The summed E-state index contributed by atoms with van der Waals surface area (Å²) >= 11 is 0. The van der Waals surface area contributed by atoms with Crippen molar-refractivity contribution in [1.29, 1.82) is 0 Å². The van der Waals surface area contributed by atoms with E-state index in [1.165, 1.54) is 25.0 Å². The average molecular weight is 417 g/mol. The van der Waals surface area contributed by atoms with E-state index >= 15 is 0 Å². The van der Waals surface area contributed by atoms with Crippen LogP contribution in [-0.4, -0.2) is 17.2 Å². The number of hydrogen-bond donors (Lipinski definition) is 0. The molecule has 1 aromatic carbocycles. The molecule has 2 aliphatic rings. The van der Waals surface area contributed by atoms with Crippen molar-refractivity contribution < 1.29 is 17.9 Å². The second-order valence-electron chi connectivity index (χ2n) is 9.02. The third kappa shape index (κ3) is 4.41. The van der Waals surface area contributed by atoms with Crippen molar-refractivity contribution in [2.75, 3.05) is 6.61 Å². The fourth-order valence-electron chi connectivity index (χ4n) is 5.38. The lowest BCUT2D eigenvalue weighted by Crippen LogP contribution is -2.46. The van der Waals surface area contributed by atoms with Gasteiger partial charge in [0.2, 0.25) is 0 Å². The van der Waals surface area contributed by atoms with Gasteiger partial charge in [-0.25, -0.2) is 0 Å². The molecule has 2 fully saturated rings. The lowest BCUT2D eigenvalue weighted by Gasteiger charge is -2.47. The van der Waals surface area contributed by atoms with E-state index < -0.39 is 11.7 Å². The van der Waals surface area contributed by atoms with Crippen LogP contribution in [0.5, 0.6) is 0 Å². The molecule has 1 aliphatic carbocycles. The summed E-state index contributed by atoms with van der Waals surface area (Å²) in [6, 6.07) is 11.6. The van der Waals surface area contributed by atoms with E-state index in [0.29, 0.717) is 18.6 Å². The molecule has 4 rings (SSSR count). The highest BCUT2D eigenvalue weighted by atomic mass is 19.4. The van der Waals surface area contributed by atoms with Gasteiger partial charge in [-0.1, -0.05) is 37.1 Å². The lowest BCUT2D eigenvalue weighted by molar-refractivity contribution is -0.137. The van der Waals surface area contributed by atoms with Crippen LogP contribution in [0.1, 0.15) is 74.1 Å². The van der Waals surface area contributed by atoms with Gasteiger partial charge in [0.1, 0.15) is 0 Å². The first kappa shape index (κ1) is 21.4. The largest absolute Gasteiger partial charge is 0.416 e. The maximum Gasteiger partial charge on any atom is 0.416 e. The first-order valence-corrected chi connectivity index (χ1v) is 10.9. The molecule has 1 radical (unpaired) electrons. The number of rotatable bonds is 5. The minimum absolute atomic E-state index is 0.0668. The summed E-state index contributed by atoms with van der Waals surface area (Å²) in [6.07, 6.45) is 5.46. The van der Waals surface area contributed by atoms with Crippen molar-refractivity contribution in [2.45, 2.75) is 74.5 Å². The normalized spacial score (nSPS) is 24.8. The lowest BCUT2D eigenvalue weighted by atomic mass is 9.66. The number of hydrogen-bond acceptors (Lipinski definition) is 2. The monoisotopic (exact) mass is 416 g/mol. The zero-order valence-corrected chi connectivity index (χ0v) is 17.3. The van der Waals surface area contributed by atoms with Crippen molar-refractivity contribution in [1.82, 2.24) is 4.98 Å². The molecule has 161 valence electrons. The number of benzene rings is 1. The summed E-state index contributed by atoms with van der Waals surface area (Å²) in [4.78, 5) is 4.70. The standard InChI is InChI=1S/C25H29F3NO/c1-19(20-7-6-8-21(17-20)25(26,27)28)10-13-23(22-9-2-5-15-29-22)14-16-30-24(18-23)11-3-4-12-24/h2,5-9,15,17,19H,1,3-4,10-14,16,18H2/t19?,23-/m0/s1. The summed E-state index contributed by atoms with van der Waals surface area (Å²) in [6.45, 7) is 4.92. The van der Waals surface area contributed by atoms with Gasteiger partial charge in [0.15, 0.2) is 0 Å². The van der Waals surface area contributed by atoms with Crippen LogP contribution in [0.15, 0.2) is 48.7 Å². The van der Waals surface area contributed by atoms with Gasteiger partial charge in [0, 0.05) is 23.9 Å².